The third-order valence-corrected chi connectivity index (χ3v) is 3.52. The molecule has 0 bridgehead atoms. The van der Waals surface area contributed by atoms with E-state index in [1.807, 2.05) is 6.92 Å². The van der Waals surface area contributed by atoms with Gasteiger partial charge in [0.1, 0.15) is 0 Å². The molecule has 0 aliphatic carbocycles. The normalized spacial score (nSPS) is 18.9. The van der Waals surface area contributed by atoms with Gasteiger partial charge in [0, 0.05) is 18.4 Å². The molecule has 0 radical (unpaired) electrons. The van der Waals surface area contributed by atoms with E-state index in [9.17, 15) is 4.79 Å². The van der Waals surface area contributed by atoms with E-state index in [0.717, 1.165) is 19.4 Å². The number of methoxy groups -OCH3 is 2. The summed E-state index contributed by atoms with van der Waals surface area (Å²) in [6, 6.07) is 4.95. The van der Waals surface area contributed by atoms with Crippen LogP contribution in [0.5, 0.6) is 11.5 Å². The maximum atomic E-state index is 12.0. The number of nitrogens with one attached hydrogen (secondary N) is 2. The van der Waals surface area contributed by atoms with Crippen LogP contribution >= 0.6 is 0 Å². The number of hydrogen-bond acceptors (Lipinski definition) is 4. The highest BCUT2D eigenvalue weighted by atomic mass is 16.5. The molecule has 1 aliphatic rings. The fourth-order valence-corrected chi connectivity index (χ4v) is 2.38. The summed E-state index contributed by atoms with van der Waals surface area (Å²) in [6.45, 7) is 2.72. The molecule has 1 aromatic rings. The first kappa shape index (κ1) is 15.4. The lowest BCUT2D eigenvalue weighted by Crippen LogP contribution is -2.42. The summed E-state index contributed by atoms with van der Waals surface area (Å²) in [5, 5.41) is 5.67. The van der Waals surface area contributed by atoms with E-state index >= 15 is 0 Å². The van der Waals surface area contributed by atoms with Crippen molar-refractivity contribution in [2.45, 2.75) is 31.9 Å². The lowest BCUT2D eigenvalue weighted by molar-refractivity contribution is 0.0868. The van der Waals surface area contributed by atoms with Crippen LogP contribution in [-0.4, -0.2) is 39.0 Å². The zero-order valence-corrected chi connectivity index (χ0v) is 12.6. The Kier molecular flexibility index (Phi) is 5.27. The van der Waals surface area contributed by atoms with Crippen molar-refractivity contribution in [1.82, 2.24) is 5.32 Å². The fraction of sp³-hybridized carbons (Fsp3) is 0.533. The van der Waals surface area contributed by atoms with Crippen LogP contribution in [0.2, 0.25) is 0 Å². The highest BCUT2D eigenvalue weighted by Crippen LogP contribution is 2.29. The number of amides is 2. The molecule has 2 rings (SSSR count). The summed E-state index contributed by atoms with van der Waals surface area (Å²) in [5.41, 5.74) is 0.643. The summed E-state index contributed by atoms with van der Waals surface area (Å²) in [7, 11) is 3.13. The van der Waals surface area contributed by atoms with Gasteiger partial charge >= 0.3 is 6.03 Å². The van der Waals surface area contributed by atoms with E-state index in [2.05, 4.69) is 10.6 Å². The van der Waals surface area contributed by atoms with E-state index in [4.69, 9.17) is 14.2 Å². The quantitative estimate of drug-likeness (QED) is 0.875. The molecular formula is C15H22N2O4. The lowest BCUT2D eigenvalue weighted by Gasteiger charge is -2.20. The average molecular weight is 294 g/mol. The summed E-state index contributed by atoms with van der Waals surface area (Å²) >= 11 is 0. The van der Waals surface area contributed by atoms with Gasteiger partial charge in [0.05, 0.1) is 26.4 Å². The minimum absolute atomic E-state index is 0.0207. The Labute approximate surface area is 124 Å². The van der Waals surface area contributed by atoms with Gasteiger partial charge in [-0.3, -0.25) is 0 Å². The van der Waals surface area contributed by atoms with Crippen molar-refractivity contribution in [3.63, 3.8) is 0 Å². The van der Waals surface area contributed by atoms with Crippen LogP contribution in [0.1, 0.15) is 19.8 Å². The summed E-state index contributed by atoms with van der Waals surface area (Å²) in [5.74, 6) is 1.19. The van der Waals surface area contributed by atoms with Crippen LogP contribution in [-0.2, 0) is 4.74 Å². The molecule has 21 heavy (non-hydrogen) atoms. The molecule has 2 amide bonds. The number of carbonyl (C=O) groups excluding carboxylic acids is 1. The Bertz CT molecular complexity index is 487. The fourth-order valence-electron chi connectivity index (χ4n) is 2.38. The van der Waals surface area contributed by atoms with Gasteiger partial charge in [0.15, 0.2) is 11.5 Å². The van der Waals surface area contributed by atoms with Crippen LogP contribution in [0, 0.1) is 0 Å². The first-order chi connectivity index (χ1) is 10.1. The van der Waals surface area contributed by atoms with Crippen molar-refractivity contribution in [1.29, 1.82) is 0 Å². The zero-order valence-electron chi connectivity index (χ0n) is 12.6. The lowest BCUT2D eigenvalue weighted by atomic mass is 10.1. The minimum Gasteiger partial charge on any atom is -0.493 e. The maximum absolute atomic E-state index is 12.0. The van der Waals surface area contributed by atoms with Crippen molar-refractivity contribution in [3.8, 4) is 11.5 Å². The number of ether oxygens (including phenoxy) is 3. The van der Waals surface area contributed by atoms with Crippen LogP contribution in [0.3, 0.4) is 0 Å². The molecule has 0 unspecified atom stereocenters. The molecule has 0 aromatic heterocycles. The highest BCUT2D eigenvalue weighted by molar-refractivity contribution is 5.89. The van der Waals surface area contributed by atoms with Crippen molar-refractivity contribution in [3.05, 3.63) is 18.2 Å². The molecular weight excluding hydrogens is 272 g/mol. The first-order valence-corrected chi connectivity index (χ1v) is 7.05. The van der Waals surface area contributed by atoms with E-state index in [1.54, 1.807) is 32.4 Å². The largest absolute Gasteiger partial charge is 0.493 e. The van der Waals surface area contributed by atoms with Gasteiger partial charge in [-0.05, 0) is 31.9 Å². The number of benzene rings is 1. The van der Waals surface area contributed by atoms with Gasteiger partial charge in [0.25, 0.3) is 0 Å². The highest BCUT2D eigenvalue weighted by Gasteiger charge is 2.23. The number of carbonyl (C=O) groups is 1. The van der Waals surface area contributed by atoms with Gasteiger partial charge in [-0.2, -0.15) is 0 Å². The van der Waals surface area contributed by atoms with Gasteiger partial charge < -0.3 is 24.8 Å². The monoisotopic (exact) mass is 294 g/mol. The number of rotatable bonds is 5. The molecule has 1 fully saturated rings. The first-order valence-electron chi connectivity index (χ1n) is 7.05. The number of urea groups is 1. The summed E-state index contributed by atoms with van der Waals surface area (Å²) in [6.07, 6.45) is 2.13. The summed E-state index contributed by atoms with van der Waals surface area (Å²) in [4.78, 5) is 12.0. The third kappa shape index (κ3) is 4.01. The second kappa shape index (κ2) is 7.17. The molecule has 0 spiro atoms. The Balaban J connectivity index is 1.92. The molecule has 2 atom stereocenters. The van der Waals surface area contributed by atoms with Crippen molar-refractivity contribution < 1.29 is 19.0 Å². The van der Waals surface area contributed by atoms with E-state index in [0.29, 0.717) is 17.2 Å². The van der Waals surface area contributed by atoms with Gasteiger partial charge in [-0.1, -0.05) is 0 Å². The number of hydrogen-bond donors (Lipinski definition) is 2. The van der Waals surface area contributed by atoms with Crippen molar-refractivity contribution in [2.24, 2.45) is 0 Å². The Morgan fingerprint density at radius 1 is 1.33 bits per heavy atom. The number of anilines is 1. The molecule has 1 aliphatic heterocycles. The van der Waals surface area contributed by atoms with Crippen LogP contribution in [0.15, 0.2) is 18.2 Å². The second-order valence-electron chi connectivity index (χ2n) is 5.01. The van der Waals surface area contributed by atoms with E-state index < -0.39 is 0 Å². The molecule has 6 nitrogen and oxygen atoms in total. The standard InChI is InChI=1S/C15H22N2O4/c1-10(12-5-4-8-21-12)16-15(18)17-11-6-7-13(19-2)14(9-11)20-3/h6-7,9-10,12H,4-5,8H2,1-3H3,(H2,16,17,18)/t10-,12+/m1/s1. The van der Waals surface area contributed by atoms with Gasteiger partial charge in [-0.25, -0.2) is 4.79 Å². The Morgan fingerprint density at radius 2 is 2.10 bits per heavy atom. The Morgan fingerprint density at radius 3 is 2.71 bits per heavy atom. The SMILES string of the molecule is COc1ccc(NC(=O)N[C@H](C)[C@@H]2CCCO2)cc1OC. The van der Waals surface area contributed by atoms with Crippen molar-refractivity contribution in [2.75, 3.05) is 26.1 Å². The molecule has 6 heteroatoms. The second-order valence-corrected chi connectivity index (χ2v) is 5.01. The Hall–Kier alpha value is -1.95. The molecule has 0 saturated carbocycles. The van der Waals surface area contributed by atoms with Crippen LogP contribution in [0.25, 0.3) is 0 Å². The molecule has 2 N–H and O–H groups in total. The topological polar surface area (TPSA) is 68.8 Å². The maximum Gasteiger partial charge on any atom is 0.319 e. The van der Waals surface area contributed by atoms with Crippen LogP contribution < -0.4 is 20.1 Å². The predicted molar refractivity (Wildman–Crippen MR) is 80.1 cm³/mol. The van der Waals surface area contributed by atoms with Gasteiger partial charge in [0.2, 0.25) is 0 Å². The molecule has 1 aromatic carbocycles. The van der Waals surface area contributed by atoms with Crippen molar-refractivity contribution >= 4 is 11.7 Å². The average Bonchev–Trinajstić information content (AvgIpc) is 3.01. The van der Waals surface area contributed by atoms with Gasteiger partial charge in [-0.15, -0.1) is 0 Å². The summed E-state index contributed by atoms with van der Waals surface area (Å²) < 4.78 is 15.9. The van der Waals surface area contributed by atoms with Crippen LogP contribution in [0.4, 0.5) is 10.5 Å². The zero-order chi connectivity index (χ0) is 15.2. The van der Waals surface area contributed by atoms with E-state index in [-0.39, 0.29) is 18.2 Å². The molecule has 116 valence electrons. The predicted octanol–water partition coefficient (Wildman–Crippen LogP) is 2.39. The minimum atomic E-state index is -0.259. The third-order valence-electron chi connectivity index (χ3n) is 3.52. The van der Waals surface area contributed by atoms with E-state index in [1.165, 1.54) is 0 Å². The smallest absolute Gasteiger partial charge is 0.319 e. The molecule has 1 heterocycles. The molecule has 1 saturated heterocycles.